The van der Waals surface area contributed by atoms with Crippen molar-refractivity contribution < 1.29 is 4.79 Å². The number of carbonyl (C=O) groups is 1. The highest BCUT2D eigenvalue weighted by Crippen LogP contribution is 2.18. The molecule has 3 aromatic heterocycles. The van der Waals surface area contributed by atoms with Crippen LogP contribution in [-0.2, 0) is 13.0 Å². The predicted octanol–water partition coefficient (Wildman–Crippen LogP) is 1.48. The van der Waals surface area contributed by atoms with Gasteiger partial charge in [-0.05, 0) is 31.0 Å². The zero-order valence-electron chi connectivity index (χ0n) is 15.0. The highest BCUT2D eigenvalue weighted by molar-refractivity contribution is 5.74. The zero-order valence-corrected chi connectivity index (χ0v) is 15.0. The van der Waals surface area contributed by atoms with Gasteiger partial charge in [0.2, 0.25) is 0 Å². The van der Waals surface area contributed by atoms with Crippen LogP contribution in [-0.4, -0.2) is 60.0 Å². The molecule has 0 aliphatic carbocycles. The summed E-state index contributed by atoms with van der Waals surface area (Å²) < 4.78 is 1.88. The zero-order chi connectivity index (χ0) is 18.5. The Labute approximate surface area is 156 Å². The van der Waals surface area contributed by atoms with Crippen LogP contribution in [0.2, 0.25) is 0 Å². The molecule has 0 unspecified atom stereocenters. The van der Waals surface area contributed by atoms with Crippen molar-refractivity contribution in [2.24, 2.45) is 0 Å². The molecule has 2 N–H and O–H groups in total. The lowest BCUT2D eigenvalue weighted by molar-refractivity contribution is 0.186. The van der Waals surface area contributed by atoms with E-state index in [1.807, 2.05) is 34.0 Å². The summed E-state index contributed by atoms with van der Waals surface area (Å²) >= 11 is 0. The summed E-state index contributed by atoms with van der Waals surface area (Å²) in [5, 5.41) is 14.4. The fraction of sp³-hybridized carbons (Fsp3) is 0.389. The number of carbonyl (C=O) groups excluding carboxylic acids is 1. The number of pyridine rings is 1. The van der Waals surface area contributed by atoms with Gasteiger partial charge >= 0.3 is 6.03 Å². The van der Waals surface area contributed by atoms with Crippen LogP contribution in [0, 0.1) is 0 Å². The van der Waals surface area contributed by atoms with Gasteiger partial charge in [0, 0.05) is 49.9 Å². The molecule has 1 atom stereocenters. The number of amides is 2. The molecule has 140 valence electrons. The van der Waals surface area contributed by atoms with E-state index in [9.17, 15) is 4.79 Å². The van der Waals surface area contributed by atoms with Crippen LogP contribution < -0.4 is 5.32 Å². The molecule has 2 amide bonds. The van der Waals surface area contributed by atoms with E-state index in [1.165, 1.54) is 0 Å². The van der Waals surface area contributed by atoms with Crippen LogP contribution >= 0.6 is 0 Å². The van der Waals surface area contributed by atoms with Gasteiger partial charge in [-0.25, -0.2) is 9.78 Å². The average molecular weight is 366 g/mol. The summed E-state index contributed by atoms with van der Waals surface area (Å²) in [4.78, 5) is 23.0. The molecule has 1 saturated heterocycles. The number of aromatic amines is 1. The molecule has 9 nitrogen and oxygen atoms in total. The summed E-state index contributed by atoms with van der Waals surface area (Å²) in [5.41, 5.74) is 0.863. The van der Waals surface area contributed by atoms with Gasteiger partial charge in [0.1, 0.15) is 5.82 Å². The third kappa shape index (κ3) is 4.13. The van der Waals surface area contributed by atoms with E-state index in [0.717, 1.165) is 37.3 Å². The summed E-state index contributed by atoms with van der Waals surface area (Å²) in [7, 11) is 0. The summed E-state index contributed by atoms with van der Waals surface area (Å²) in [6.07, 6.45) is 9.75. The SMILES string of the molecule is O=C(NCCc1nc(-c2cccnc2)n[nH]1)N1CCC[C@H]1Cn1cccn1. The Morgan fingerprint density at radius 3 is 3.11 bits per heavy atom. The Morgan fingerprint density at radius 1 is 1.33 bits per heavy atom. The molecule has 9 heteroatoms. The van der Waals surface area contributed by atoms with Crippen LogP contribution in [0.25, 0.3) is 11.4 Å². The lowest BCUT2D eigenvalue weighted by Crippen LogP contribution is -2.45. The minimum absolute atomic E-state index is 0.0309. The second-order valence-corrected chi connectivity index (χ2v) is 6.55. The molecular formula is C18H22N8O. The smallest absolute Gasteiger partial charge is 0.317 e. The third-order valence-electron chi connectivity index (χ3n) is 4.68. The molecule has 0 radical (unpaired) electrons. The van der Waals surface area contributed by atoms with Gasteiger partial charge in [-0.3, -0.25) is 14.8 Å². The number of aromatic nitrogens is 6. The first-order valence-electron chi connectivity index (χ1n) is 9.13. The maximum Gasteiger partial charge on any atom is 0.317 e. The Kier molecular flexibility index (Phi) is 5.08. The van der Waals surface area contributed by atoms with Gasteiger partial charge in [-0.2, -0.15) is 10.2 Å². The van der Waals surface area contributed by atoms with Gasteiger partial charge < -0.3 is 10.2 Å². The quantitative estimate of drug-likeness (QED) is 0.687. The van der Waals surface area contributed by atoms with Crippen LogP contribution in [0.4, 0.5) is 4.79 Å². The number of hydrogen-bond acceptors (Lipinski definition) is 5. The monoisotopic (exact) mass is 366 g/mol. The summed E-state index contributed by atoms with van der Waals surface area (Å²) in [5.74, 6) is 1.35. The molecule has 27 heavy (non-hydrogen) atoms. The largest absolute Gasteiger partial charge is 0.338 e. The number of rotatable bonds is 6. The van der Waals surface area contributed by atoms with Crippen molar-refractivity contribution in [3.63, 3.8) is 0 Å². The second kappa shape index (κ2) is 7.98. The van der Waals surface area contributed by atoms with Crippen LogP contribution in [0.5, 0.6) is 0 Å². The molecule has 4 rings (SSSR count). The van der Waals surface area contributed by atoms with E-state index in [2.05, 4.69) is 30.6 Å². The molecule has 1 aliphatic heterocycles. The Hall–Kier alpha value is -3.23. The lowest BCUT2D eigenvalue weighted by Gasteiger charge is -2.24. The second-order valence-electron chi connectivity index (χ2n) is 6.55. The van der Waals surface area contributed by atoms with Crippen LogP contribution in [0.15, 0.2) is 43.0 Å². The van der Waals surface area contributed by atoms with E-state index in [-0.39, 0.29) is 12.1 Å². The summed E-state index contributed by atoms with van der Waals surface area (Å²) in [6, 6.07) is 5.82. The number of nitrogens with one attached hydrogen (secondary N) is 2. The minimum atomic E-state index is -0.0309. The average Bonchev–Trinajstić information content (AvgIpc) is 3.45. The molecule has 1 fully saturated rings. The maximum absolute atomic E-state index is 12.5. The maximum atomic E-state index is 12.5. The first-order chi connectivity index (χ1) is 13.3. The molecule has 0 bridgehead atoms. The summed E-state index contributed by atoms with van der Waals surface area (Å²) in [6.45, 7) is 2.02. The van der Waals surface area contributed by atoms with E-state index in [0.29, 0.717) is 18.8 Å². The van der Waals surface area contributed by atoms with E-state index >= 15 is 0 Å². The molecule has 0 spiro atoms. The van der Waals surface area contributed by atoms with E-state index < -0.39 is 0 Å². The first-order valence-corrected chi connectivity index (χ1v) is 9.13. The Bertz CT molecular complexity index is 861. The number of H-pyrrole nitrogens is 1. The van der Waals surface area contributed by atoms with Crippen molar-refractivity contribution in [1.82, 2.24) is 40.2 Å². The van der Waals surface area contributed by atoms with Crippen LogP contribution in [0.3, 0.4) is 0 Å². The third-order valence-corrected chi connectivity index (χ3v) is 4.68. The van der Waals surface area contributed by atoms with Crippen molar-refractivity contribution in [2.45, 2.75) is 31.8 Å². The van der Waals surface area contributed by atoms with Crippen molar-refractivity contribution >= 4 is 6.03 Å². The molecule has 1 aliphatic rings. The van der Waals surface area contributed by atoms with Crippen molar-refractivity contribution in [1.29, 1.82) is 0 Å². The van der Waals surface area contributed by atoms with Gasteiger partial charge in [0.05, 0.1) is 12.6 Å². The first kappa shape index (κ1) is 17.2. The fourth-order valence-corrected chi connectivity index (χ4v) is 3.34. The highest BCUT2D eigenvalue weighted by Gasteiger charge is 2.28. The number of nitrogens with zero attached hydrogens (tertiary/aromatic N) is 6. The van der Waals surface area contributed by atoms with Crippen LogP contribution in [0.1, 0.15) is 18.7 Å². The van der Waals surface area contributed by atoms with E-state index in [4.69, 9.17) is 0 Å². The highest BCUT2D eigenvalue weighted by atomic mass is 16.2. The molecule has 3 aromatic rings. The van der Waals surface area contributed by atoms with Gasteiger partial charge in [-0.15, -0.1) is 0 Å². The van der Waals surface area contributed by atoms with Crippen molar-refractivity contribution in [3.8, 4) is 11.4 Å². The van der Waals surface area contributed by atoms with Crippen molar-refractivity contribution in [3.05, 3.63) is 48.8 Å². The number of urea groups is 1. The Morgan fingerprint density at radius 2 is 2.30 bits per heavy atom. The Balaban J connectivity index is 1.27. The molecule has 4 heterocycles. The van der Waals surface area contributed by atoms with Gasteiger partial charge in [-0.1, -0.05) is 0 Å². The van der Waals surface area contributed by atoms with Crippen molar-refractivity contribution in [2.75, 3.05) is 13.1 Å². The molecule has 0 saturated carbocycles. The standard InChI is InChI=1S/C18H22N8O/c27-18(26-11-2-5-15(26)13-25-10-3-8-21-25)20-9-6-16-22-17(24-23-16)14-4-1-7-19-12-14/h1,3-4,7-8,10,12,15H,2,5-6,9,11,13H2,(H,20,27)(H,22,23,24)/t15-/m0/s1. The molecule has 0 aromatic carbocycles. The fourth-order valence-electron chi connectivity index (χ4n) is 3.34. The molecular weight excluding hydrogens is 344 g/mol. The number of hydrogen-bond donors (Lipinski definition) is 2. The topological polar surface area (TPSA) is 105 Å². The van der Waals surface area contributed by atoms with Gasteiger partial charge in [0.25, 0.3) is 0 Å². The van der Waals surface area contributed by atoms with E-state index in [1.54, 1.807) is 18.6 Å². The predicted molar refractivity (Wildman–Crippen MR) is 98.7 cm³/mol. The van der Waals surface area contributed by atoms with Gasteiger partial charge in [0.15, 0.2) is 5.82 Å². The normalized spacial score (nSPS) is 16.6. The lowest BCUT2D eigenvalue weighted by atomic mass is 10.2. The minimum Gasteiger partial charge on any atom is -0.338 e. The number of likely N-dealkylation sites (tertiary alicyclic amines) is 1.